The van der Waals surface area contributed by atoms with E-state index >= 15 is 0 Å². The number of aryl methyl sites for hydroxylation is 1. The number of rotatable bonds is 6. The van der Waals surface area contributed by atoms with Crippen LogP contribution in [0.5, 0.6) is 0 Å². The van der Waals surface area contributed by atoms with Crippen LogP contribution in [0.15, 0.2) is 80.7 Å². The highest BCUT2D eigenvalue weighted by Gasteiger charge is 2.16. The summed E-state index contributed by atoms with van der Waals surface area (Å²) in [6, 6.07) is 18.3. The number of nitrogens with zero attached hydrogens (tertiary/aromatic N) is 3. The maximum atomic E-state index is 12.9. The molecule has 4 aromatic rings. The zero-order valence-corrected chi connectivity index (χ0v) is 18.3. The van der Waals surface area contributed by atoms with Gasteiger partial charge in [-0.25, -0.2) is 0 Å². The topological polar surface area (TPSA) is 90.0 Å². The van der Waals surface area contributed by atoms with Crippen LogP contribution in [0.25, 0.3) is 22.8 Å². The van der Waals surface area contributed by atoms with E-state index in [4.69, 9.17) is 4.52 Å². The highest BCUT2D eigenvalue weighted by molar-refractivity contribution is 9.10. The largest absolute Gasteiger partial charge is 0.333 e. The molecule has 0 saturated heterocycles. The third-order valence-corrected chi connectivity index (χ3v) is 5.27. The van der Waals surface area contributed by atoms with Gasteiger partial charge >= 0.3 is 0 Å². The molecule has 0 fully saturated rings. The Labute approximate surface area is 186 Å². The van der Waals surface area contributed by atoms with Crippen LogP contribution < -0.4 is 10.9 Å². The van der Waals surface area contributed by atoms with Crippen LogP contribution in [-0.2, 0) is 17.8 Å². The van der Waals surface area contributed by atoms with Gasteiger partial charge < -0.3 is 14.4 Å². The van der Waals surface area contributed by atoms with Gasteiger partial charge in [-0.1, -0.05) is 40.1 Å². The average molecular weight is 479 g/mol. The number of pyridine rings is 1. The Hall–Kier alpha value is -3.52. The fraction of sp³-hybridized carbons (Fsp3) is 0.130. The highest BCUT2D eigenvalue weighted by atomic mass is 79.9. The number of halogens is 1. The minimum atomic E-state index is -0.384. The molecule has 0 aliphatic carbocycles. The van der Waals surface area contributed by atoms with Gasteiger partial charge in [-0.15, -0.1) is 0 Å². The summed E-state index contributed by atoms with van der Waals surface area (Å²) in [6.45, 7) is 1.94. The highest BCUT2D eigenvalue weighted by Crippen LogP contribution is 2.22. The molecule has 0 saturated carbocycles. The van der Waals surface area contributed by atoms with E-state index in [0.717, 1.165) is 16.5 Å². The van der Waals surface area contributed by atoms with E-state index in [1.807, 2.05) is 48.5 Å². The van der Waals surface area contributed by atoms with Gasteiger partial charge in [0.2, 0.25) is 11.7 Å². The minimum absolute atomic E-state index is 0.104. The van der Waals surface area contributed by atoms with Crippen molar-refractivity contribution in [1.82, 2.24) is 14.7 Å². The van der Waals surface area contributed by atoms with Crippen LogP contribution in [-0.4, -0.2) is 20.6 Å². The van der Waals surface area contributed by atoms with Crippen LogP contribution in [0, 0.1) is 0 Å². The van der Waals surface area contributed by atoms with E-state index in [1.165, 1.54) is 10.1 Å². The Morgan fingerprint density at radius 2 is 1.84 bits per heavy atom. The maximum absolute atomic E-state index is 12.9. The van der Waals surface area contributed by atoms with Crippen LogP contribution >= 0.6 is 15.9 Å². The van der Waals surface area contributed by atoms with Crippen molar-refractivity contribution >= 4 is 27.5 Å². The molecular weight excluding hydrogens is 460 g/mol. The lowest BCUT2D eigenvalue weighted by atomic mass is 10.1. The quantitative estimate of drug-likeness (QED) is 0.439. The molecule has 2 aromatic heterocycles. The molecule has 0 spiro atoms. The third kappa shape index (κ3) is 4.80. The number of hydrogen-bond donors (Lipinski definition) is 1. The molecule has 0 radical (unpaired) electrons. The number of benzene rings is 2. The molecule has 2 heterocycles. The van der Waals surface area contributed by atoms with Gasteiger partial charge in [0.05, 0.1) is 0 Å². The summed E-state index contributed by atoms with van der Waals surface area (Å²) in [5.41, 5.74) is 2.48. The Bertz CT molecular complexity index is 1260. The lowest BCUT2D eigenvalue weighted by Crippen LogP contribution is -2.28. The van der Waals surface area contributed by atoms with Crippen molar-refractivity contribution in [1.29, 1.82) is 0 Å². The molecule has 1 N–H and O–H groups in total. The summed E-state index contributed by atoms with van der Waals surface area (Å²) in [4.78, 5) is 29.6. The first-order valence-corrected chi connectivity index (χ1v) is 10.5. The standard InChI is InChI=1S/C23H19BrN4O3/c1-2-15-5-11-18(12-6-15)25-20(29)14-28-13-3-4-19(23(28)30)22-26-21(27-31-22)16-7-9-17(24)10-8-16/h3-13H,2,14H2,1H3,(H,25,29). The summed E-state index contributed by atoms with van der Waals surface area (Å²) < 4.78 is 7.56. The van der Waals surface area contributed by atoms with E-state index in [1.54, 1.807) is 18.3 Å². The van der Waals surface area contributed by atoms with Crippen molar-refractivity contribution in [3.05, 3.63) is 87.3 Å². The molecule has 0 aliphatic rings. The van der Waals surface area contributed by atoms with Crippen LogP contribution in [0.3, 0.4) is 0 Å². The predicted octanol–water partition coefficient (Wildman–Crippen LogP) is 4.53. The lowest BCUT2D eigenvalue weighted by molar-refractivity contribution is -0.116. The second kappa shape index (κ2) is 9.09. The zero-order chi connectivity index (χ0) is 21.8. The van der Waals surface area contributed by atoms with Crippen molar-refractivity contribution in [2.45, 2.75) is 19.9 Å². The van der Waals surface area contributed by atoms with Gasteiger partial charge in [-0.05, 0) is 60.5 Å². The molecule has 1 amide bonds. The van der Waals surface area contributed by atoms with E-state index in [0.29, 0.717) is 11.5 Å². The molecular formula is C23H19BrN4O3. The molecule has 0 bridgehead atoms. The first-order chi connectivity index (χ1) is 15.0. The second-order valence-corrected chi connectivity index (χ2v) is 7.80. The third-order valence-electron chi connectivity index (χ3n) is 4.74. The SMILES string of the molecule is CCc1ccc(NC(=O)Cn2cccc(-c3nc(-c4ccc(Br)cc4)no3)c2=O)cc1. The summed E-state index contributed by atoms with van der Waals surface area (Å²) in [5.74, 6) is 0.183. The summed E-state index contributed by atoms with van der Waals surface area (Å²) in [6.07, 6.45) is 2.48. The fourth-order valence-corrected chi connectivity index (χ4v) is 3.32. The fourth-order valence-electron chi connectivity index (χ4n) is 3.05. The predicted molar refractivity (Wildman–Crippen MR) is 122 cm³/mol. The van der Waals surface area contributed by atoms with Gasteiger partial charge in [0.15, 0.2) is 0 Å². The number of nitrogens with one attached hydrogen (secondary N) is 1. The molecule has 2 aromatic carbocycles. The van der Waals surface area contributed by atoms with E-state index in [-0.39, 0.29) is 29.5 Å². The zero-order valence-electron chi connectivity index (χ0n) is 16.7. The monoisotopic (exact) mass is 478 g/mol. The maximum Gasteiger partial charge on any atom is 0.263 e. The van der Waals surface area contributed by atoms with Gasteiger partial charge in [0.1, 0.15) is 12.1 Å². The van der Waals surface area contributed by atoms with Crippen LogP contribution in [0.1, 0.15) is 12.5 Å². The number of anilines is 1. The van der Waals surface area contributed by atoms with E-state index in [9.17, 15) is 9.59 Å². The van der Waals surface area contributed by atoms with E-state index < -0.39 is 0 Å². The van der Waals surface area contributed by atoms with Crippen LogP contribution in [0.2, 0.25) is 0 Å². The summed E-state index contributed by atoms with van der Waals surface area (Å²) in [5, 5.41) is 6.77. The normalized spacial score (nSPS) is 10.8. The van der Waals surface area contributed by atoms with Crippen LogP contribution in [0.4, 0.5) is 5.69 Å². The minimum Gasteiger partial charge on any atom is -0.333 e. The first-order valence-electron chi connectivity index (χ1n) is 9.72. The van der Waals surface area contributed by atoms with Gasteiger partial charge in [-0.2, -0.15) is 4.98 Å². The number of carbonyl (C=O) groups excluding carboxylic acids is 1. The average Bonchev–Trinajstić information content (AvgIpc) is 3.26. The molecule has 7 nitrogen and oxygen atoms in total. The first kappa shape index (κ1) is 20.7. The van der Waals surface area contributed by atoms with E-state index in [2.05, 4.69) is 38.3 Å². The van der Waals surface area contributed by atoms with Gasteiger partial charge in [-0.3, -0.25) is 9.59 Å². The van der Waals surface area contributed by atoms with Crippen molar-refractivity contribution in [2.24, 2.45) is 0 Å². The van der Waals surface area contributed by atoms with Crippen molar-refractivity contribution < 1.29 is 9.32 Å². The smallest absolute Gasteiger partial charge is 0.263 e. The Morgan fingerprint density at radius 3 is 2.55 bits per heavy atom. The Balaban J connectivity index is 1.52. The molecule has 156 valence electrons. The number of hydrogen-bond acceptors (Lipinski definition) is 5. The molecule has 31 heavy (non-hydrogen) atoms. The molecule has 8 heteroatoms. The molecule has 0 unspecified atom stereocenters. The molecule has 4 rings (SSSR count). The number of amides is 1. The van der Waals surface area contributed by atoms with Crippen molar-refractivity contribution in [3.63, 3.8) is 0 Å². The van der Waals surface area contributed by atoms with Gasteiger partial charge in [0.25, 0.3) is 11.4 Å². The number of carbonyl (C=O) groups is 1. The summed E-state index contributed by atoms with van der Waals surface area (Å²) >= 11 is 3.38. The molecule has 0 atom stereocenters. The summed E-state index contributed by atoms with van der Waals surface area (Å²) in [7, 11) is 0. The number of aromatic nitrogens is 3. The molecule has 0 aliphatic heterocycles. The Morgan fingerprint density at radius 1 is 1.10 bits per heavy atom. The van der Waals surface area contributed by atoms with Gasteiger partial charge in [0, 0.05) is 21.9 Å². The lowest BCUT2D eigenvalue weighted by Gasteiger charge is -2.08. The Kier molecular flexibility index (Phi) is 6.08. The van der Waals surface area contributed by atoms with Crippen molar-refractivity contribution in [3.8, 4) is 22.8 Å². The second-order valence-electron chi connectivity index (χ2n) is 6.88. The van der Waals surface area contributed by atoms with Crippen molar-refractivity contribution in [2.75, 3.05) is 5.32 Å².